The average Bonchev–Trinajstić information content (AvgIpc) is 2.92. The minimum atomic E-state index is 0.826. The van der Waals surface area contributed by atoms with Gasteiger partial charge in [0.15, 0.2) is 0 Å². The summed E-state index contributed by atoms with van der Waals surface area (Å²) in [7, 11) is 0. The van der Waals surface area contributed by atoms with E-state index in [1.807, 2.05) is 0 Å². The van der Waals surface area contributed by atoms with Gasteiger partial charge in [0, 0.05) is 0 Å². The molecule has 0 aromatic carbocycles. The van der Waals surface area contributed by atoms with Crippen molar-refractivity contribution < 1.29 is 0 Å². The van der Waals surface area contributed by atoms with Crippen LogP contribution >= 0.6 is 0 Å². The SMILES string of the molecule is [CH]1C2C=CC(CC2)C1C1[CH]C2CCC1C2. The second kappa shape index (κ2) is 3.12. The summed E-state index contributed by atoms with van der Waals surface area (Å²) < 4.78 is 0. The Balaban J connectivity index is 1.57. The van der Waals surface area contributed by atoms with Crippen LogP contribution in [0.25, 0.3) is 0 Å². The summed E-state index contributed by atoms with van der Waals surface area (Å²) in [5, 5.41) is 0. The molecule has 6 unspecified atom stereocenters. The first-order valence-corrected chi connectivity index (χ1v) is 6.78. The molecule has 80 valence electrons. The second-order valence-electron chi connectivity index (χ2n) is 6.16. The van der Waals surface area contributed by atoms with Crippen LogP contribution in [-0.4, -0.2) is 0 Å². The van der Waals surface area contributed by atoms with Crippen molar-refractivity contribution >= 4 is 0 Å². The maximum atomic E-state index is 2.73. The first-order chi connectivity index (χ1) is 7.40. The molecule has 0 nitrogen and oxygen atoms in total. The second-order valence-corrected chi connectivity index (χ2v) is 6.16. The van der Waals surface area contributed by atoms with Gasteiger partial charge in [0.1, 0.15) is 0 Å². The Labute approximate surface area is 93.1 Å². The molecule has 0 aliphatic heterocycles. The lowest BCUT2D eigenvalue weighted by molar-refractivity contribution is 0.192. The van der Waals surface area contributed by atoms with E-state index in [0.29, 0.717) is 0 Å². The summed E-state index contributed by atoms with van der Waals surface area (Å²) in [6, 6.07) is 0. The smallest absolute Gasteiger partial charge is 0.0199 e. The molecule has 3 fully saturated rings. The third-order valence-corrected chi connectivity index (χ3v) is 5.40. The number of fused-ring (bicyclic) bond motifs is 4. The standard InChI is InChI=1S/C15H20/c1-4-12-5-2-10(1)8-14(12)15-9-11-3-6-13(15)7-11/h1,4,8-15H,2-3,5-7H2. The molecule has 0 N–H and O–H groups in total. The number of allylic oxidation sites excluding steroid dienone is 2. The molecule has 0 aromatic rings. The van der Waals surface area contributed by atoms with Crippen molar-refractivity contribution in [3.63, 3.8) is 0 Å². The zero-order valence-electron chi connectivity index (χ0n) is 9.31. The molecule has 0 amide bonds. The molecule has 0 heteroatoms. The van der Waals surface area contributed by atoms with E-state index >= 15 is 0 Å². The van der Waals surface area contributed by atoms with E-state index in [1.165, 1.54) is 32.1 Å². The average molecular weight is 200 g/mol. The van der Waals surface area contributed by atoms with Crippen LogP contribution in [0.5, 0.6) is 0 Å². The lowest BCUT2D eigenvalue weighted by atomic mass is 9.62. The van der Waals surface area contributed by atoms with Crippen molar-refractivity contribution in [3.8, 4) is 0 Å². The van der Waals surface area contributed by atoms with Crippen LogP contribution in [0.1, 0.15) is 32.1 Å². The monoisotopic (exact) mass is 200 g/mol. The number of hydrogen-bond donors (Lipinski definition) is 0. The van der Waals surface area contributed by atoms with E-state index in [-0.39, 0.29) is 0 Å². The largest absolute Gasteiger partial charge is 0.0848 e. The Bertz CT molecular complexity index is 290. The first kappa shape index (κ1) is 8.84. The highest BCUT2D eigenvalue weighted by atomic mass is 14.5. The Morgan fingerprint density at radius 1 is 0.800 bits per heavy atom. The van der Waals surface area contributed by atoms with Gasteiger partial charge in [-0.25, -0.2) is 0 Å². The fourth-order valence-corrected chi connectivity index (χ4v) is 4.68. The molecular weight excluding hydrogens is 180 g/mol. The molecular formula is C15H20. The molecule has 5 aliphatic rings. The topological polar surface area (TPSA) is 0 Å². The van der Waals surface area contributed by atoms with Crippen molar-refractivity contribution in [1.29, 1.82) is 0 Å². The molecule has 0 spiro atoms. The van der Waals surface area contributed by atoms with Gasteiger partial charge in [-0.2, -0.15) is 0 Å². The van der Waals surface area contributed by atoms with E-state index in [2.05, 4.69) is 25.0 Å². The van der Waals surface area contributed by atoms with Gasteiger partial charge >= 0.3 is 0 Å². The first-order valence-electron chi connectivity index (χ1n) is 6.78. The summed E-state index contributed by atoms with van der Waals surface area (Å²) in [5.74, 6) is 5.66. The summed E-state index contributed by atoms with van der Waals surface area (Å²) >= 11 is 0. The highest BCUT2D eigenvalue weighted by Crippen LogP contribution is 2.55. The number of rotatable bonds is 1. The van der Waals surface area contributed by atoms with Crippen molar-refractivity contribution in [2.24, 2.45) is 35.5 Å². The lowest BCUT2D eigenvalue weighted by Gasteiger charge is -2.43. The molecule has 3 saturated carbocycles. The van der Waals surface area contributed by atoms with Crippen LogP contribution in [0.3, 0.4) is 0 Å². The van der Waals surface area contributed by atoms with E-state index < -0.39 is 0 Å². The van der Waals surface area contributed by atoms with Gasteiger partial charge in [-0.05, 0) is 80.5 Å². The van der Waals surface area contributed by atoms with Gasteiger partial charge in [0.05, 0.1) is 0 Å². The maximum Gasteiger partial charge on any atom is -0.0199 e. The van der Waals surface area contributed by atoms with E-state index in [9.17, 15) is 0 Å². The molecule has 5 rings (SSSR count). The predicted molar refractivity (Wildman–Crippen MR) is 61.8 cm³/mol. The summed E-state index contributed by atoms with van der Waals surface area (Å²) in [4.78, 5) is 0. The van der Waals surface area contributed by atoms with Crippen LogP contribution in [0.4, 0.5) is 0 Å². The Hall–Kier alpha value is -0.260. The third-order valence-electron chi connectivity index (χ3n) is 5.40. The summed E-state index contributed by atoms with van der Waals surface area (Å²) in [5.41, 5.74) is 0. The zero-order chi connectivity index (χ0) is 9.83. The quantitative estimate of drug-likeness (QED) is 0.567. The zero-order valence-corrected chi connectivity index (χ0v) is 9.31. The molecule has 0 heterocycles. The van der Waals surface area contributed by atoms with E-state index in [4.69, 9.17) is 0 Å². The lowest BCUT2D eigenvalue weighted by Crippen LogP contribution is -2.35. The predicted octanol–water partition coefficient (Wildman–Crippen LogP) is 3.65. The minimum absolute atomic E-state index is 0.826. The molecule has 6 atom stereocenters. The van der Waals surface area contributed by atoms with Crippen LogP contribution in [0.2, 0.25) is 0 Å². The van der Waals surface area contributed by atoms with Crippen molar-refractivity contribution in [3.05, 3.63) is 25.0 Å². The van der Waals surface area contributed by atoms with E-state index in [1.54, 1.807) is 0 Å². The van der Waals surface area contributed by atoms with E-state index in [0.717, 1.165) is 35.5 Å². The molecule has 4 bridgehead atoms. The molecule has 5 aliphatic carbocycles. The number of hydrogen-bond acceptors (Lipinski definition) is 0. The summed E-state index contributed by atoms with van der Waals surface area (Å²) in [6.45, 7) is 0. The van der Waals surface area contributed by atoms with Gasteiger partial charge in [0.2, 0.25) is 0 Å². The van der Waals surface area contributed by atoms with Crippen LogP contribution in [0, 0.1) is 48.3 Å². The fraction of sp³-hybridized carbons (Fsp3) is 0.733. The Morgan fingerprint density at radius 2 is 1.80 bits per heavy atom. The van der Waals surface area contributed by atoms with Crippen molar-refractivity contribution in [2.75, 3.05) is 0 Å². The molecule has 0 aromatic heterocycles. The molecule has 0 saturated heterocycles. The maximum absolute atomic E-state index is 2.73. The van der Waals surface area contributed by atoms with Gasteiger partial charge in [-0.3, -0.25) is 0 Å². The highest BCUT2D eigenvalue weighted by molar-refractivity contribution is 5.18. The van der Waals surface area contributed by atoms with Gasteiger partial charge in [-0.1, -0.05) is 12.2 Å². The van der Waals surface area contributed by atoms with Crippen LogP contribution in [0.15, 0.2) is 12.2 Å². The fourth-order valence-electron chi connectivity index (χ4n) is 4.68. The van der Waals surface area contributed by atoms with Gasteiger partial charge in [-0.15, -0.1) is 0 Å². The van der Waals surface area contributed by atoms with Crippen molar-refractivity contribution in [2.45, 2.75) is 32.1 Å². The molecule has 15 heavy (non-hydrogen) atoms. The van der Waals surface area contributed by atoms with Gasteiger partial charge in [0.25, 0.3) is 0 Å². The highest BCUT2D eigenvalue weighted by Gasteiger charge is 2.47. The van der Waals surface area contributed by atoms with Gasteiger partial charge < -0.3 is 0 Å². The summed E-state index contributed by atoms with van der Waals surface area (Å²) in [6.07, 6.45) is 17.8. The minimum Gasteiger partial charge on any atom is -0.0848 e. The molecule has 2 radical (unpaired) electrons. The van der Waals surface area contributed by atoms with Crippen molar-refractivity contribution in [1.82, 2.24) is 0 Å². The third kappa shape index (κ3) is 1.26. The normalized spacial score (nSPS) is 56.5. The Kier molecular flexibility index (Phi) is 1.84. The Morgan fingerprint density at radius 3 is 2.33 bits per heavy atom. The van der Waals surface area contributed by atoms with Crippen LogP contribution in [-0.2, 0) is 0 Å². The van der Waals surface area contributed by atoms with Crippen LogP contribution < -0.4 is 0 Å².